The van der Waals surface area contributed by atoms with Gasteiger partial charge in [-0.1, -0.05) is 25.1 Å². The van der Waals surface area contributed by atoms with Crippen molar-refractivity contribution in [3.05, 3.63) is 29.8 Å². The SMILES string of the molecule is CCc1ccccc1NCC#N. The number of rotatable bonds is 3. The Hall–Kier alpha value is -1.49. The lowest BCUT2D eigenvalue weighted by molar-refractivity contribution is 1.13. The molecular weight excluding hydrogens is 148 g/mol. The molecule has 0 bridgehead atoms. The molecule has 62 valence electrons. The van der Waals surface area contributed by atoms with E-state index in [2.05, 4.69) is 24.4 Å². The first-order chi connectivity index (χ1) is 5.88. The third kappa shape index (κ3) is 2.00. The number of para-hydroxylation sites is 1. The van der Waals surface area contributed by atoms with Crippen LogP contribution in [0.5, 0.6) is 0 Å². The standard InChI is InChI=1S/C10H12N2/c1-2-9-5-3-4-6-10(9)12-8-7-11/h3-6,12H,2,8H2,1H3. The predicted octanol–water partition coefficient (Wildman–Crippen LogP) is 2.18. The highest BCUT2D eigenvalue weighted by molar-refractivity contribution is 5.51. The lowest BCUT2D eigenvalue weighted by Crippen LogP contribution is -2.00. The number of nitriles is 1. The molecule has 0 aliphatic carbocycles. The van der Waals surface area contributed by atoms with E-state index < -0.39 is 0 Å². The minimum Gasteiger partial charge on any atom is -0.372 e. The average Bonchev–Trinajstić information content (AvgIpc) is 2.15. The van der Waals surface area contributed by atoms with Gasteiger partial charge in [-0.15, -0.1) is 0 Å². The van der Waals surface area contributed by atoms with E-state index in [4.69, 9.17) is 5.26 Å². The van der Waals surface area contributed by atoms with Crippen LogP contribution in [0.15, 0.2) is 24.3 Å². The van der Waals surface area contributed by atoms with Crippen LogP contribution in [0.3, 0.4) is 0 Å². The van der Waals surface area contributed by atoms with Gasteiger partial charge in [0.1, 0.15) is 6.54 Å². The highest BCUT2D eigenvalue weighted by Crippen LogP contribution is 2.14. The molecule has 2 nitrogen and oxygen atoms in total. The molecule has 1 aromatic rings. The van der Waals surface area contributed by atoms with Gasteiger partial charge in [-0.05, 0) is 18.1 Å². The number of hydrogen-bond donors (Lipinski definition) is 1. The van der Waals surface area contributed by atoms with Crippen LogP contribution < -0.4 is 5.32 Å². The summed E-state index contributed by atoms with van der Waals surface area (Å²) >= 11 is 0. The summed E-state index contributed by atoms with van der Waals surface area (Å²) in [4.78, 5) is 0. The molecule has 1 N–H and O–H groups in total. The molecule has 0 radical (unpaired) electrons. The van der Waals surface area contributed by atoms with Gasteiger partial charge < -0.3 is 5.32 Å². The molecule has 0 atom stereocenters. The maximum atomic E-state index is 8.38. The van der Waals surface area contributed by atoms with Crippen molar-refractivity contribution in [2.45, 2.75) is 13.3 Å². The number of hydrogen-bond acceptors (Lipinski definition) is 2. The number of benzene rings is 1. The van der Waals surface area contributed by atoms with Crippen molar-refractivity contribution in [2.75, 3.05) is 11.9 Å². The van der Waals surface area contributed by atoms with Gasteiger partial charge in [0.25, 0.3) is 0 Å². The van der Waals surface area contributed by atoms with Crippen LogP contribution in [-0.4, -0.2) is 6.54 Å². The van der Waals surface area contributed by atoms with Gasteiger partial charge >= 0.3 is 0 Å². The van der Waals surface area contributed by atoms with Gasteiger partial charge in [-0.3, -0.25) is 0 Å². The third-order valence-corrected chi connectivity index (χ3v) is 1.76. The maximum Gasteiger partial charge on any atom is 0.103 e. The van der Waals surface area contributed by atoms with E-state index in [0.717, 1.165) is 12.1 Å². The first-order valence-electron chi connectivity index (χ1n) is 4.07. The largest absolute Gasteiger partial charge is 0.372 e. The van der Waals surface area contributed by atoms with Crippen molar-refractivity contribution in [3.63, 3.8) is 0 Å². The Labute approximate surface area is 72.8 Å². The van der Waals surface area contributed by atoms with Crippen molar-refractivity contribution >= 4 is 5.69 Å². The first kappa shape index (κ1) is 8.61. The van der Waals surface area contributed by atoms with E-state index in [0.29, 0.717) is 6.54 Å². The zero-order chi connectivity index (χ0) is 8.81. The van der Waals surface area contributed by atoms with E-state index in [-0.39, 0.29) is 0 Å². The molecule has 0 saturated carbocycles. The second-order valence-electron chi connectivity index (χ2n) is 2.52. The molecule has 0 heterocycles. The van der Waals surface area contributed by atoms with E-state index in [1.54, 1.807) is 0 Å². The van der Waals surface area contributed by atoms with Gasteiger partial charge in [-0.2, -0.15) is 5.26 Å². The molecule has 0 aromatic heterocycles. The van der Waals surface area contributed by atoms with Gasteiger partial charge in [0.05, 0.1) is 6.07 Å². The number of anilines is 1. The highest BCUT2D eigenvalue weighted by atomic mass is 14.9. The summed E-state index contributed by atoms with van der Waals surface area (Å²) < 4.78 is 0. The van der Waals surface area contributed by atoms with E-state index >= 15 is 0 Å². The summed E-state index contributed by atoms with van der Waals surface area (Å²) in [7, 11) is 0. The van der Waals surface area contributed by atoms with E-state index in [1.807, 2.05) is 18.2 Å². The molecule has 0 aliphatic heterocycles. The Morgan fingerprint density at radius 2 is 2.17 bits per heavy atom. The fourth-order valence-corrected chi connectivity index (χ4v) is 1.14. The van der Waals surface area contributed by atoms with Gasteiger partial charge in [0.15, 0.2) is 0 Å². The molecule has 0 spiro atoms. The van der Waals surface area contributed by atoms with Crippen LogP contribution in [0.2, 0.25) is 0 Å². The van der Waals surface area contributed by atoms with Crippen molar-refractivity contribution in [2.24, 2.45) is 0 Å². The van der Waals surface area contributed by atoms with Crippen LogP contribution in [0.1, 0.15) is 12.5 Å². The zero-order valence-electron chi connectivity index (χ0n) is 7.17. The van der Waals surface area contributed by atoms with Crippen molar-refractivity contribution in [1.82, 2.24) is 0 Å². The number of nitrogens with zero attached hydrogens (tertiary/aromatic N) is 1. The lowest BCUT2D eigenvalue weighted by Gasteiger charge is -2.06. The molecule has 2 heteroatoms. The molecule has 0 unspecified atom stereocenters. The van der Waals surface area contributed by atoms with Gasteiger partial charge in [0, 0.05) is 5.69 Å². The Morgan fingerprint density at radius 1 is 1.42 bits per heavy atom. The van der Waals surface area contributed by atoms with Gasteiger partial charge in [0.2, 0.25) is 0 Å². The second kappa shape index (κ2) is 4.40. The fourth-order valence-electron chi connectivity index (χ4n) is 1.14. The van der Waals surface area contributed by atoms with Crippen LogP contribution in [0, 0.1) is 11.3 Å². The lowest BCUT2D eigenvalue weighted by atomic mass is 10.1. The monoisotopic (exact) mass is 160 g/mol. The molecule has 0 saturated heterocycles. The molecule has 0 fully saturated rings. The minimum absolute atomic E-state index is 0.372. The normalized spacial score (nSPS) is 9.00. The third-order valence-electron chi connectivity index (χ3n) is 1.76. The quantitative estimate of drug-likeness (QED) is 0.688. The fraction of sp³-hybridized carbons (Fsp3) is 0.300. The highest BCUT2D eigenvalue weighted by Gasteiger charge is 1.96. The molecule has 1 aromatic carbocycles. The summed E-state index contributed by atoms with van der Waals surface area (Å²) in [6.07, 6.45) is 0.995. The van der Waals surface area contributed by atoms with Crippen molar-refractivity contribution < 1.29 is 0 Å². The Kier molecular flexibility index (Phi) is 3.16. The summed E-state index contributed by atoms with van der Waals surface area (Å²) in [5, 5.41) is 11.4. The van der Waals surface area contributed by atoms with E-state index in [1.165, 1.54) is 5.56 Å². The van der Waals surface area contributed by atoms with Crippen LogP contribution in [0.25, 0.3) is 0 Å². The summed E-state index contributed by atoms with van der Waals surface area (Å²) in [5.74, 6) is 0. The Balaban J connectivity index is 2.76. The number of aryl methyl sites for hydroxylation is 1. The van der Waals surface area contributed by atoms with Crippen LogP contribution in [-0.2, 0) is 6.42 Å². The summed E-state index contributed by atoms with van der Waals surface area (Å²) in [6, 6.07) is 10.1. The zero-order valence-corrected chi connectivity index (χ0v) is 7.17. The first-order valence-corrected chi connectivity index (χ1v) is 4.07. The smallest absolute Gasteiger partial charge is 0.103 e. The van der Waals surface area contributed by atoms with Crippen LogP contribution >= 0.6 is 0 Å². The van der Waals surface area contributed by atoms with Crippen molar-refractivity contribution in [3.8, 4) is 6.07 Å². The molecular formula is C10H12N2. The van der Waals surface area contributed by atoms with E-state index in [9.17, 15) is 0 Å². The topological polar surface area (TPSA) is 35.8 Å². The average molecular weight is 160 g/mol. The van der Waals surface area contributed by atoms with Crippen LogP contribution in [0.4, 0.5) is 5.69 Å². The maximum absolute atomic E-state index is 8.38. The number of nitrogens with one attached hydrogen (secondary N) is 1. The molecule has 12 heavy (non-hydrogen) atoms. The molecule has 0 amide bonds. The molecule has 1 rings (SSSR count). The second-order valence-corrected chi connectivity index (χ2v) is 2.52. The van der Waals surface area contributed by atoms with Crippen molar-refractivity contribution in [1.29, 1.82) is 5.26 Å². The summed E-state index contributed by atoms with van der Waals surface area (Å²) in [6.45, 7) is 2.48. The Bertz CT molecular complexity index is 286. The molecule has 0 aliphatic rings. The minimum atomic E-state index is 0.372. The summed E-state index contributed by atoms with van der Waals surface area (Å²) in [5.41, 5.74) is 2.33. The predicted molar refractivity (Wildman–Crippen MR) is 49.9 cm³/mol. The Morgan fingerprint density at radius 3 is 2.83 bits per heavy atom. The van der Waals surface area contributed by atoms with Gasteiger partial charge in [-0.25, -0.2) is 0 Å².